The second-order valence-corrected chi connectivity index (χ2v) is 4.16. The van der Waals surface area contributed by atoms with E-state index in [1.807, 2.05) is 6.07 Å². The Kier molecular flexibility index (Phi) is 3.66. The molecule has 7 heteroatoms. The van der Waals surface area contributed by atoms with Gasteiger partial charge in [0.25, 0.3) is 0 Å². The molecule has 0 aliphatic carbocycles. The number of halogens is 3. The van der Waals surface area contributed by atoms with E-state index in [0.29, 0.717) is 17.1 Å². The summed E-state index contributed by atoms with van der Waals surface area (Å²) in [6.45, 7) is -0.966. The Hall–Kier alpha value is -1.76. The molecule has 104 valence electrons. The first-order valence-corrected chi connectivity index (χ1v) is 5.67. The first kappa shape index (κ1) is 13.7. The van der Waals surface area contributed by atoms with Crippen molar-refractivity contribution in [3.63, 3.8) is 0 Å². The van der Waals surface area contributed by atoms with Gasteiger partial charge >= 0.3 is 6.18 Å². The van der Waals surface area contributed by atoms with Gasteiger partial charge in [-0.2, -0.15) is 13.2 Å². The Bertz CT molecular complexity index is 577. The van der Waals surface area contributed by atoms with Crippen molar-refractivity contribution < 1.29 is 17.9 Å². The SMILES string of the molecule is COc1ccc2c(c1)nc(CNCC(F)(F)F)n2C. The van der Waals surface area contributed by atoms with Gasteiger partial charge in [0.15, 0.2) is 0 Å². The van der Waals surface area contributed by atoms with Gasteiger partial charge in [-0.1, -0.05) is 0 Å². The molecule has 0 bridgehead atoms. The lowest BCUT2D eigenvalue weighted by Crippen LogP contribution is -2.29. The minimum absolute atomic E-state index is 0.0625. The highest BCUT2D eigenvalue weighted by molar-refractivity contribution is 5.77. The van der Waals surface area contributed by atoms with Crippen LogP contribution in [-0.2, 0) is 13.6 Å². The molecule has 2 aromatic rings. The number of benzene rings is 1. The number of hydrogen-bond acceptors (Lipinski definition) is 3. The van der Waals surface area contributed by atoms with Crippen molar-refractivity contribution in [1.29, 1.82) is 0 Å². The molecule has 4 nitrogen and oxygen atoms in total. The lowest BCUT2D eigenvalue weighted by atomic mass is 10.3. The summed E-state index contributed by atoms with van der Waals surface area (Å²) in [5.74, 6) is 1.22. The largest absolute Gasteiger partial charge is 0.497 e. The third kappa shape index (κ3) is 3.17. The van der Waals surface area contributed by atoms with E-state index in [-0.39, 0.29) is 6.54 Å². The lowest BCUT2D eigenvalue weighted by Gasteiger charge is -2.07. The van der Waals surface area contributed by atoms with Crippen LogP contribution in [0.3, 0.4) is 0 Å². The van der Waals surface area contributed by atoms with Gasteiger partial charge in [0.2, 0.25) is 0 Å². The molecule has 1 heterocycles. The molecule has 0 aliphatic rings. The Morgan fingerprint density at radius 3 is 2.74 bits per heavy atom. The maximum atomic E-state index is 12.1. The van der Waals surface area contributed by atoms with E-state index in [9.17, 15) is 13.2 Å². The molecule has 19 heavy (non-hydrogen) atoms. The van der Waals surface area contributed by atoms with Gasteiger partial charge in [-0.3, -0.25) is 0 Å². The summed E-state index contributed by atoms with van der Waals surface area (Å²) in [5, 5.41) is 2.33. The molecule has 0 saturated heterocycles. The van der Waals surface area contributed by atoms with Crippen molar-refractivity contribution in [2.45, 2.75) is 12.7 Å². The average Bonchev–Trinajstić information content (AvgIpc) is 2.64. The average molecular weight is 273 g/mol. The van der Waals surface area contributed by atoms with Gasteiger partial charge in [-0.25, -0.2) is 4.98 Å². The van der Waals surface area contributed by atoms with Crippen molar-refractivity contribution in [2.75, 3.05) is 13.7 Å². The van der Waals surface area contributed by atoms with Crippen LogP contribution in [0.15, 0.2) is 18.2 Å². The van der Waals surface area contributed by atoms with Crippen LogP contribution >= 0.6 is 0 Å². The predicted octanol–water partition coefficient (Wildman–Crippen LogP) is 2.23. The molecule has 0 fully saturated rings. The summed E-state index contributed by atoms with van der Waals surface area (Å²) < 4.78 is 43.0. The highest BCUT2D eigenvalue weighted by Gasteiger charge is 2.26. The van der Waals surface area contributed by atoms with E-state index in [4.69, 9.17) is 4.74 Å². The fourth-order valence-electron chi connectivity index (χ4n) is 1.83. The summed E-state index contributed by atoms with van der Waals surface area (Å²) in [6.07, 6.45) is -4.21. The molecule has 0 radical (unpaired) electrons. The number of aromatic nitrogens is 2. The second-order valence-electron chi connectivity index (χ2n) is 4.16. The van der Waals surface area contributed by atoms with Gasteiger partial charge in [-0.15, -0.1) is 0 Å². The quantitative estimate of drug-likeness (QED) is 0.928. The summed E-state index contributed by atoms with van der Waals surface area (Å²) in [7, 11) is 3.32. The minimum Gasteiger partial charge on any atom is -0.497 e. The van der Waals surface area contributed by atoms with E-state index in [0.717, 1.165) is 5.52 Å². The monoisotopic (exact) mass is 273 g/mol. The highest BCUT2D eigenvalue weighted by Crippen LogP contribution is 2.21. The van der Waals surface area contributed by atoms with Crippen LogP contribution in [0.25, 0.3) is 11.0 Å². The smallest absolute Gasteiger partial charge is 0.401 e. The summed E-state index contributed by atoms with van der Waals surface area (Å²) in [6, 6.07) is 5.37. The fourth-order valence-corrected chi connectivity index (χ4v) is 1.83. The molecule has 0 aliphatic heterocycles. The van der Waals surface area contributed by atoms with Crippen LogP contribution in [0.1, 0.15) is 5.82 Å². The van der Waals surface area contributed by atoms with Crippen LogP contribution in [0, 0.1) is 0 Å². The van der Waals surface area contributed by atoms with Crippen LogP contribution in [-0.4, -0.2) is 29.4 Å². The second kappa shape index (κ2) is 5.08. The van der Waals surface area contributed by atoms with E-state index >= 15 is 0 Å². The third-order valence-corrected chi connectivity index (χ3v) is 2.79. The zero-order valence-corrected chi connectivity index (χ0v) is 10.6. The van der Waals surface area contributed by atoms with Gasteiger partial charge in [-0.05, 0) is 12.1 Å². The maximum absolute atomic E-state index is 12.1. The molecular weight excluding hydrogens is 259 g/mol. The molecule has 0 amide bonds. The number of imidazole rings is 1. The van der Waals surface area contributed by atoms with Gasteiger partial charge in [0, 0.05) is 13.1 Å². The van der Waals surface area contributed by atoms with Gasteiger partial charge in [0.05, 0.1) is 31.2 Å². The van der Waals surface area contributed by atoms with Crippen LogP contribution in [0.4, 0.5) is 13.2 Å². The number of methoxy groups -OCH3 is 1. The minimum atomic E-state index is -4.21. The summed E-state index contributed by atoms with van der Waals surface area (Å²) in [4.78, 5) is 4.29. The van der Waals surface area contributed by atoms with Gasteiger partial charge < -0.3 is 14.6 Å². The number of nitrogens with zero attached hydrogens (tertiary/aromatic N) is 2. The van der Waals surface area contributed by atoms with Crippen LogP contribution in [0.2, 0.25) is 0 Å². The molecule has 0 spiro atoms. The zero-order chi connectivity index (χ0) is 14.0. The van der Waals surface area contributed by atoms with Crippen LogP contribution < -0.4 is 10.1 Å². The molecule has 1 aromatic carbocycles. The van der Waals surface area contributed by atoms with Crippen molar-refractivity contribution in [2.24, 2.45) is 7.05 Å². The lowest BCUT2D eigenvalue weighted by molar-refractivity contribution is -0.125. The van der Waals surface area contributed by atoms with Crippen molar-refractivity contribution in [3.05, 3.63) is 24.0 Å². The van der Waals surface area contributed by atoms with Crippen molar-refractivity contribution >= 4 is 11.0 Å². The molecular formula is C12H14F3N3O. The van der Waals surface area contributed by atoms with E-state index in [1.54, 1.807) is 30.9 Å². The van der Waals surface area contributed by atoms with E-state index in [2.05, 4.69) is 10.3 Å². The number of alkyl halides is 3. The third-order valence-electron chi connectivity index (χ3n) is 2.79. The van der Waals surface area contributed by atoms with Crippen molar-refractivity contribution in [3.8, 4) is 5.75 Å². The number of nitrogens with one attached hydrogen (secondary N) is 1. The number of ether oxygens (including phenoxy) is 1. The summed E-state index contributed by atoms with van der Waals surface area (Å²) in [5.41, 5.74) is 1.55. The highest BCUT2D eigenvalue weighted by atomic mass is 19.4. The molecule has 0 unspecified atom stereocenters. The van der Waals surface area contributed by atoms with E-state index < -0.39 is 12.7 Å². The number of hydrogen-bond donors (Lipinski definition) is 1. The number of rotatable bonds is 4. The van der Waals surface area contributed by atoms with Crippen molar-refractivity contribution in [1.82, 2.24) is 14.9 Å². The molecule has 0 saturated carbocycles. The summed E-state index contributed by atoms with van der Waals surface area (Å²) >= 11 is 0. The maximum Gasteiger partial charge on any atom is 0.401 e. The standard InChI is InChI=1S/C12H14F3N3O/c1-18-10-4-3-8(19-2)5-9(10)17-11(18)6-16-7-12(13,14)15/h3-5,16H,6-7H2,1-2H3. The molecule has 0 atom stereocenters. The Morgan fingerprint density at radius 1 is 1.37 bits per heavy atom. The Labute approximate surface area is 108 Å². The number of aryl methyl sites for hydroxylation is 1. The predicted molar refractivity (Wildman–Crippen MR) is 65.0 cm³/mol. The zero-order valence-electron chi connectivity index (χ0n) is 10.6. The topological polar surface area (TPSA) is 39.1 Å². The normalized spacial score (nSPS) is 12.1. The van der Waals surface area contributed by atoms with E-state index in [1.165, 1.54) is 0 Å². The Morgan fingerprint density at radius 2 is 2.11 bits per heavy atom. The molecule has 1 N–H and O–H groups in total. The first-order valence-electron chi connectivity index (χ1n) is 5.67. The Balaban J connectivity index is 2.17. The van der Waals surface area contributed by atoms with Crippen LogP contribution in [0.5, 0.6) is 5.75 Å². The first-order chi connectivity index (χ1) is 8.90. The molecule has 1 aromatic heterocycles. The number of fused-ring (bicyclic) bond motifs is 1. The molecule has 2 rings (SSSR count). The fraction of sp³-hybridized carbons (Fsp3) is 0.417. The van der Waals surface area contributed by atoms with Gasteiger partial charge in [0.1, 0.15) is 11.6 Å².